The van der Waals surface area contributed by atoms with Crippen LogP contribution in [-0.4, -0.2) is 35.6 Å². The van der Waals surface area contributed by atoms with Crippen LogP contribution in [0, 0.1) is 5.92 Å². The molecule has 0 aliphatic rings. The summed E-state index contributed by atoms with van der Waals surface area (Å²) >= 11 is 0. The fourth-order valence-electron chi connectivity index (χ4n) is 2.70. The Bertz CT molecular complexity index is 860. The van der Waals surface area contributed by atoms with E-state index >= 15 is 0 Å². The van der Waals surface area contributed by atoms with Gasteiger partial charge < -0.3 is 10.6 Å². The highest BCUT2D eigenvalue weighted by molar-refractivity contribution is 5.84. The van der Waals surface area contributed by atoms with Gasteiger partial charge in [-0.3, -0.25) is 4.98 Å². The second-order valence-corrected chi connectivity index (χ2v) is 6.73. The molecule has 2 heterocycles. The molecule has 0 radical (unpaired) electrons. The minimum atomic E-state index is 0.531. The van der Waals surface area contributed by atoms with E-state index in [9.17, 15) is 0 Å². The van der Waals surface area contributed by atoms with Crippen molar-refractivity contribution in [3.05, 3.63) is 48.3 Å². The van der Waals surface area contributed by atoms with Crippen LogP contribution in [0.4, 0.5) is 5.95 Å². The number of anilines is 1. The molecule has 0 fully saturated rings. The second-order valence-electron chi connectivity index (χ2n) is 6.73. The lowest BCUT2D eigenvalue weighted by molar-refractivity contribution is 0.541. The molecule has 3 aromatic rings. The molecule has 0 bridgehead atoms. The van der Waals surface area contributed by atoms with E-state index in [1.807, 2.05) is 25.1 Å². The molecule has 5 heteroatoms. The lowest BCUT2D eigenvalue weighted by Gasteiger charge is -2.11. The quantitative estimate of drug-likeness (QED) is 0.749. The maximum Gasteiger partial charge on any atom is 0.225 e. The van der Waals surface area contributed by atoms with E-state index in [0.29, 0.717) is 11.9 Å². The van der Waals surface area contributed by atoms with Crippen LogP contribution in [0.5, 0.6) is 0 Å². The molecule has 0 aliphatic carbocycles. The van der Waals surface area contributed by atoms with Gasteiger partial charge in [0.05, 0.1) is 11.2 Å². The zero-order chi connectivity index (χ0) is 17.8. The summed E-state index contributed by atoms with van der Waals surface area (Å²) in [4.78, 5) is 15.6. The highest BCUT2D eigenvalue weighted by atomic mass is 15.2. The minimum Gasteiger partial charge on any atom is -0.347 e. The molecule has 1 unspecified atom stereocenters. The molecule has 0 saturated carbocycles. The Balaban J connectivity index is 1.87. The van der Waals surface area contributed by atoms with Crippen molar-refractivity contribution in [3.8, 4) is 11.3 Å². The molecule has 3 rings (SSSR count). The molecule has 130 valence electrons. The van der Waals surface area contributed by atoms with Crippen molar-refractivity contribution in [1.29, 1.82) is 0 Å². The number of aryl methyl sites for hydroxylation is 1. The molecule has 0 spiro atoms. The molecular formula is C20H25N5. The van der Waals surface area contributed by atoms with Gasteiger partial charge in [0.15, 0.2) is 0 Å². The average molecular weight is 335 g/mol. The van der Waals surface area contributed by atoms with Gasteiger partial charge in [0.1, 0.15) is 0 Å². The molecule has 1 aromatic carbocycles. The van der Waals surface area contributed by atoms with Crippen LogP contribution in [0.25, 0.3) is 22.2 Å². The lowest BCUT2D eigenvalue weighted by Crippen LogP contribution is -2.12. The SMILES string of the molecule is CC(CN)CCc1ccc2cc(-c3ccnc(N(C)C)n3)ccc2n1. The zero-order valence-electron chi connectivity index (χ0n) is 15.1. The van der Waals surface area contributed by atoms with Crippen molar-refractivity contribution in [3.63, 3.8) is 0 Å². The lowest BCUT2D eigenvalue weighted by atomic mass is 10.0. The van der Waals surface area contributed by atoms with Gasteiger partial charge in [0.25, 0.3) is 0 Å². The van der Waals surface area contributed by atoms with Crippen LogP contribution in [0.1, 0.15) is 19.0 Å². The number of rotatable bonds is 6. The summed E-state index contributed by atoms with van der Waals surface area (Å²) in [6.07, 6.45) is 3.83. The summed E-state index contributed by atoms with van der Waals surface area (Å²) < 4.78 is 0. The number of fused-ring (bicyclic) bond motifs is 1. The Morgan fingerprint density at radius 3 is 2.68 bits per heavy atom. The van der Waals surface area contributed by atoms with Crippen LogP contribution in [0.3, 0.4) is 0 Å². The minimum absolute atomic E-state index is 0.531. The number of nitrogens with two attached hydrogens (primary N) is 1. The van der Waals surface area contributed by atoms with Gasteiger partial charge in [0.2, 0.25) is 5.95 Å². The highest BCUT2D eigenvalue weighted by Crippen LogP contribution is 2.23. The van der Waals surface area contributed by atoms with Gasteiger partial charge in [-0.2, -0.15) is 0 Å². The average Bonchev–Trinajstić information content (AvgIpc) is 2.65. The first-order chi connectivity index (χ1) is 12.1. The van der Waals surface area contributed by atoms with Gasteiger partial charge >= 0.3 is 0 Å². The summed E-state index contributed by atoms with van der Waals surface area (Å²) in [5, 5.41) is 1.12. The first kappa shape index (κ1) is 17.3. The van der Waals surface area contributed by atoms with E-state index in [4.69, 9.17) is 10.7 Å². The third-order valence-corrected chi connectivity index (χ3v) is 4.38. The molecule has 2 N–H and O–H groups in total. The number of hydrogen-bond acceptors (Lipinski definition) is 5. The Morgan fingerprint density at radius 2 is 1.92 bits per heavy atom. The number of nitrogens with zero attached hydrogens (tertiary/aromatic N) is 4. The molecular weight excluding hydrogens is 310 g/mol. The summed E-state index contributed by atoms with van der Waals surface area (Å²) in [5.41, 5.74) is 9.83. The van der Waals surface area contributed by atoms with Crippen molar-refractivity contribution < 1.29 is 0 Å². The van der Waals surface area contributed by atoms with E-state index in [-0.39, 0.29) is 0 Å². The van der Waals surface area contributed by atoms with Crippen LogP contribution < -0.4 is 10.6 Å². The smallest absolute Gasteiger partial charge is 0.225 e. The van der Waals surface area contributed by atoms with E-state index in [0.717, 1.165) is 47.2 Å². The molecule has 2 aromatic heterocycles. The third kappa shape index (κ3) is 4.12. The van der Waals surface area contributed by atoms with Gasteiger partial charge in [0, 0.05) is 36.9 Å². The predicted molar refractivity (Wildman–Crippen MR) is 104 cm³/mol. The van der Waals surface area contributed by atoms with Crippen LogP contribution in [0.15, 0.2) is 42.6 Å². The largest absolute Gasteiger partial charge is 0.347 e. The third-order valence-electron chi connectivity index (χ3n) is 4.38. The normalized spacial score (nSPS) is 12.3. The van der Waals surface area contributed by atoms with E-state index in [1.54, 1.807) is 6.20 Å². The highest BCUT2D eigenvalue weighted by Gasteiger charge is 2.07. The molecule has 0 aliphatic heterocycles. The second kappa shape index (κ2) is 7.57. The van der Waals surface area contributed by atoms with Crippen LogP contribution >= 0.6 is 0 Å². The molecule has 0 amide bonds. The van der Waals surface area contributed by atoms with Gasteiger partial charge in [-0.05, 0) is 49.6 Å². The van der Waals surface area contributed by atoms with E-state index < -0.39 is 0 Å². The van der Waals surface area contributed by atoms with Gasteiger partial charge in [-0.1, -0.05) is 19.1 Å². The summed E-state index contributed by atoms with van der Waals surface area (Å²) in [6, 6.07) is 12.5. The fraction of sp³-hybridized carbons (Fsp3) is 0.350. The first-order valence-electron chi connectivity index (χ1n) is 8.67. The van der Waals surface area contributed by atoms with Crippen LogP contribution in [-0.2, 0) is 6.42 Å². The molecule has 1 atom stereocenters. The Hall–Kier alpha value is -2.53. The molecule has 25 heavy (non-hydrogen) atoms. The Labute approximate surface area is 148 Å². The Kier molecular flexibility index (Phi) is 5.24. The van der Waals surface area contributed by atoms with Gasteiger partial charge in [-0.25, -0.2) is 9.97 Å². The van der Waals surface area contributed by atoms with Crippen molar-refractivity contribution in [2.45, 2.75) is 19.8 Å². The summed E-state index contributed by atoms with van der Waals surface area (Å²) in [6.45, 7) is 2.90. The topological polar surface area (TPSA) is 67.9 Å². The van der Waals surface area contributed by atoms with E-state index in [2.05, 4.69) is 47.2 Å². The van der Waals surface area contributed by atoms with Crippen molar-refractivity contribution in [1.82, 2.24) is 15.0 Å². The van der Waals surface area contributed by atoms with E-state index in [1.165, 1.54) is 0 Å². The number of hydrogen-bond donors (Lipinski definition) is 1. The van der Waals surface area contributed by atoms with Crippen molar-refractivity contribution >= 4 is 16.9 Å². The van der Waals surface area contributed by atoms with Crippen LogP contribution in [0.2, 0.25) is 0 Å². The van der Waals surface area contributed by atoms with Gasteiger partial charge in [-0.15, -0.1) is 0 Å². The monoisotopic (exact) mass is 335 g/mol. The Morgan fingerprint density at radius 1 is 1.08 bits per heavy atom. The van der Waals surface area contributed by atoms with Crippen molar-refractivity contribution in [2.75, 3.05) is 25.5 Å². The number of benzene rings is 1. The molecule has 0 saturated heterocycles. The maximum absolute atomic E-state index is 5.69. The summed E-state index contributed by atoms with van der Waals surface area (Å²) in [5.74, 6) is 1.24. The number of aromatic nitrogens is 3. The van der Waals surface area contributed by atoms with Crippen molar-refractivity contribution in [2.24, 2.45) is 11.7 Å². The fourth-order valence-corrected chi connectivity index (χ4v) is 2.70. The maximum atomic E-state index is 5.69. The first-order valence-corrected chi connectivity index (χ1v) is 8.67. The standard InChI is InChI=1S/C20H25N5/c1-14(13-21)4-7-17-8-5-15-12-16(6-9-18(15)23-17)19-10-11-22-20(24-19)25(2)3/h5-6,8-12,14H,4,7,13,21H2,1-3H3. The summed E-state index contributed by atoms with van der Waals surface area (Å²) in [7, 11) is 3.88. The zero-order valence-corrected chi connectivity index (χ0v) is 15.1. The number of pyridine rings is 1. The predicted octanol–water partition coefficient (Wildman–Crippen LogP) is 3.29. The molecule has 5 nitrogen and oxygen atoms in total.